The molecular formula is C11H24O4. The molecule has 15 heavy (non-hydrogen) atoms. The highest BCUT2D eigenvalue weighted by Gasteiger charge is 2.14. The summed E-state index contributed by atoms with van der Waals surface area (Å²) in [6.07, 6.45) is 3.68. The molecule has 0 radical (unpaired) electrons. The normalized spacial score (nSPS) is 15.2. The molecule has 4 nitrogen and oxygen atoms in total. The summed E-state index contributed by atoms with van der Waals surface area (Å²) < 4.78 is 0. The Morgan fingerprint density at radius 3 is 1.47 bits per heavy atom. The average molecular weight is 220 g/mol. The van der Waals surface area contributed by atoms with Gasteiger partial charge >= 0.3 is 0 Å². The van der Waals surface area contributed by atoms with Crippen LogP contribution in [0.25, 0.3) is 0 Å². The lowest BCUT2D eigenvalue weighted by Gasteiger charge is -2.17. The van der Waals surface area contributed by atoms with Crippen LogP contribution in [0.2, 0.25) is 0 Å². The van der Waals surface area contributed by atoms with Gasteiger partial charge in [-0.1, -0.05) is 12.8 Å². The van der Waals surface area contributed by atoms with Crippen LogP contribution in [-0.2, 0) is 0 Å². The predicted octanol–water partition coefficient (Wildman–Crippen LogP) is 0.423. The second-order valence-corrected chi connectivity index (χ2v) is 3.93. The van der Waals surface area contributed by atoms with Crippen LogP contribution in [0.15, 0.2) is 0 Å². The summed E-state index contributed by atoms with van der Waals surface area (Å²) in [6, 6.07) is 0. The number of hydrogen-bond donors (Lipinski definition) is 4. The topological polar surface area (TPSA) is 80.9 Å². The molecule has 2 atom stereocenters. The quantitative estimate of drug-likeness (QED) is 0.402. The Labute approximate surface area is 91.6 Å². The third-order valence-electron chi connectivity index (χ3n) is 2.51. The first-order valence-electron chi connectivity index (χ1n) is 5.80. The van der Waals surface area contributed by atoms with Gasteiger partial charge in [-0.2, -0.15) is 0 Å². The maximum Gasteiger partial charge on any atom is 0.0799 e. The van der Waals surface area contributed by atoms with Crippen molar-refractivity contribution in [3.8, 4) is 0 Å². The minimum absolute atomic E-state index is 0.138. The molecule has 4 N–H and O–H groups in total. The summed E-state index contributed by atoms with van der Waals surface area (Å²) in [5.74, 6) is 0. The smallest absolute Gasteiger partial charge is 0.0799 e. The minimum Gasteiger partial charge on any atom is -0.396 e. The number of hydrogen-bond acceptors (Lipinski definition) is 4. The Kier molecular flexibility index (Phi) is 10.3. The molecule has 0 heterocycles. The first-order valence-corrected chi connectivity index (χ1v) is 5.80. The molecule has 4 heteroatoms. The second-order valence-electron chi connectivity index (χ2n) is 3.93. The maximum atomic E-state index is 9.54. The fourth-order valence-corrected chi connectivity index (χ4v) is 1.49. The van der Waals surface area contributed by atoms with Gasteiger partial charge in [0.1, 0.15) is 0 Å². The number of rotatable bonds is 10. The summed E-state index contributed by atoms with van der Waals surface area (Å²) in [6.45, 7) is 0.328. The van der Waals surface area contributed by atoms with E-state index in [-0.39, 0.29) is 13.2 Å². The zero-order valence-corrected chi connectivity index (χ0v) is 9.31. The monoisotopic (exact) mass is 220 g/mol. The largest absolute Gasteiger partial charge is 0.396 e. The van der Waals surface area contributed by atoms with E-state index in [4.69, 9.17) is 10.2 Å². The third-order valence-corrected chi connectivity index (χ3v) is 2.51. The Balaban J connectivity index is 3.38. The Morgan fingerprint density at radius 2 is 1.00 bits per heavy atom. The summed E-state index contributed by atoms with van der Waals surface area (Å²) >= 11 is 0. The average Bonchev–Trinajstić information content (AvgIpc) is 2.24. The Hall–Kier alpha value is -0.160. The molecule has 0 saturated carbocycles. The van der Waals surface area contributed by atoms with E-state index in [1.807, 2.05) is 0 Å². The van der Waals surface area contributed by atoms with E-state index in [9.17, 15) is 10.2 Å². The van der Waals surface area contributed by atoms with Gasteiger partial charge in [0.25, 0.3) is 0 Å². The molecule has 0 aliphatic heterocycles. The van der Waals surface area contributed by atoms with E-state index in [0.717, 1.165) is 25.7 Å². The van der Waals surface area contributed by atoms with E-state index < -0.39 is 12.2 Å². The first-order chi connectivity index (χ1) is 7.22. The number of unbranched alkanes of at least 4 members (excludes halogenated alkanes) is 3. The number of aliphatic hydroxyl groups excluding tert-OH is 4. The van der Waals surface area contributed by atoms with Gasteiger partial charge in [0.15, 0.2) is 0 Å². The van der Waals surface area contributed by atoms with Gasteiger partial charge in [-0.25, -0.2) is 0 Å². The molecule has 0 spiro atoms. The van der Waals surface area contributed by atoms with Crippen molar-refractivity contribution in [2.24, 2.45) is 0 Å². The Bertz CT molecular complexity index is 130. The number of aliphatic hydroxyl groups is 4. The van der Waals surface area contributed by atoms with E-state index in [0.29, 0.717) is 19.3 Å². The molecule has 0 fully saturated rings. The van der Waals surface area contributed by atoms with Crippen molar-refractivity contribution >= 4 is 0 Å². The summed E-state index contributed by atoms with van der Waals surface area (Å²) in [4.78, 5) is 0. The molecule has 92 valence electrons. The molecule has 0 saturated heterocycles. The molecule has 0 aliphatic carbocycles. The lowest BCUT2D eigenvalue weighted by atomic mass is 10.0. The van der Waals surface area contributed by atoms with Crippen LogP contribution in [0, 0.1) is 0 Å². The summed E-state index contributed by atoms with van der Waals surface area (Å²) in [5.41, 5.74) is 0. The van der Waals surface area contributed by atoms with Gasteiger partial charge in [-0.15, -0.1) is 0 Å². The summed E-state index contributed by atoms with van der Waals surface area (Å²) in [5, 5.41) is 36.2. The van der Waals surface area contributed by atoms with Gasteiger partial charge in [-0.05, 0) is 32.1 Å². The molecule has 0 bridgehead atoms. The predicted molar refractivity (Wildman–Crippen MR) is 58.5 cm³/mol. The highest BCUT2D eigenvalue weighted by Crippen LogP contribution is 2.11. The second kappa shape index (κ2) is 10.4. The lowest BCUT2D eigenvalue weighted by molar-refractivity contribution is 0.00652. The van der Waals surface area contributed by atoms with Crippen molar-refractivity contribution in [2.45, 2.75) is 57.2 Å². The molecule has 0 aromatic rings. The highest BCUT2D eigenvalue weighted by molar-refractivity contribution is 4.67. The molecule has 0 amide bonds. The SMILES string of the molecule is OCCCCCC(O)C(O)CCCCO. The third kappa shape index (κ3) is 8.81. The van der Waals surface area contributed by atoms with Gasteiger partial charge in [0, 0.05) is 13.2 Å². The molecule has 0 aromatic carbocycles. The van der Waals surface area contributed by atoms with E-state index >= 15 is 0 Å². The fourth-order valence-electron chi connectivity index (χ4n) is 1.49. The van der Waals surface area contributed by atoms with E-state index in [1.54, 1.807) is 0 Å². The van der Waals surface area contributed by atoms with Crippen molar-refractivity contribution < 1.29 is 20.4 Å². The van der Waals surface area contributed by atoms with Gasteiger partial charge in [-0.3, -0.25) is 0 Å². The molecular weight excluding hydrogens is 196 g/mol. The molecule has 0 aliphatic rings. The zero-order chi connectivity index (χ0) is 11.5. The van der Waals surface area contributed by atoms with Crippen LogP contribution in [0.3, 0.4) is 0 Å². The van der Waals surface area contributed by atoms with Crippen molar-refractivity contribution in [1.29, 1.82) is 0 Å². The van der Waals surface area contributed by atoms with Crippen molar-refractivity contribution in [3.63, 3.8) is 0 Å². The Morgan fingerprint density at radius 1 is 0.600 bits per heavy atom. The highest BCUT2D eigenvalue weighted by atomic mass is 16.3. The van der Waals surface area contributed by atoms with Crippen LogP contribution < -0.4 is 0 Å². The minimum atomic E-state index is -0.675. The van der Waals surface area contributed by atoms with Crippen LogP contribution in [0.5, 0.6) is 0 Å². The van der Waals surface area contributed by atoms with Crippen LogP contribution >= 0.6 is 0 Å². The lowest BCUT2D eigenvalue weighted by Crippen LogP contribution is -2.25. The molecule has 0 rings (SSSR count). The van der Waals surface area contributed by atoms with Crippen molar-refractivity contribution in [3.05, 3.63) is 0 Å². The van der Waals surface area contributed by atoms with Crippen LogP contribution in [0.4, 0.5) is 0 Å². The zero-order valence-electron chi connectivity index (χ0n) is 9.31. The first kappa shape index (κ1) is 14.8. The van der Waals surface area contributed by atoms with Gasteiger partial charge in [0.05, 0.1) is 12.2 Å². The van der Waals surface area contributed by atoms with Crippen molar-refractivity contribution in [2.75, 3.05) is 13.2 Å². The van der Waals surface area contributed by atoms with Crippen LogP contribution in [-0.4, -0.2) is 45.8 Å². The summed E-state index contributed by atoms with van der Waals surface area (Å²) in [7, 11) is 0. The van der Waals surface area contributed by atoms with E-state index in [2.05, 4.69) is 0 Å². The molecule has 2 unspecified atom stereocenters. The van der Waals surface area contributed by atoms with Gasteiger partial charge in [0.2, 0.25) is 0 Å². The van der Waals surface area contributed by atoms with Crippen molar-refractivity contribution in [1.82, 2.24) is 0 Å². The van der Waals surface area contributed by atoms with E-state index in [1.165, 1.54) is 0 Å². The van der Waals surface area contributed by atoms with Crippen LogP contribution in [0.1, 0.15) is 44.9 Å². The molecule has 0 aromatic heterocycles. The van der Waals surface area contributed by atoms with Gasteiger partial charge < -0.3 is 20.4 Å². The standard InChI is InChI=1S/C11H24O4/c12-8-4-1-2-6-10(14)11(15)7-3-5-9-13/h10-15H,1-9H2. The maximum absolute atomic E-state index is 9.54. The fraction of sp³-hybridized carbons (Fsp3) is 1.00.